The zero-order valence-corrected chi connectivity index (χ0v) is 12.9. The van der Waals surface area contributed by atoms with Crippen LogP contribution in [0.15, 0.2) is 0 Å². The molecule has 0 aromatic rings. The molecule has 0 radical (unpaired) electrons. The molecule has 0 saturated heterocycles. The molecule has 0 aliphatic rings. The molecular weight excluding hydrogens is 256 g/mol. The minimum absolute atomic E-state index is 0.207. The van der Waals surface area contributed by atoms with Crippen molar-refractivity contribution in [3.8, 4) is 0 Å². The molecule has 20 heavy (non-hydrogen) atoms. The summed E-state index contributed by atoms with van der Waals surface area (Å²) in [6.07, 6.45) is 9.26. The predicted octanol–water partition coefficient (Wildman–Crippen LogP) is 3.61. The number of hydrogen-bond acceptors (Lipinski definition) is 4. The van der Waals surface area contributed by atoms with E-state index in [-0.39, 0.29) is 17.5 Å². The number of unbranched alkanes of at least 4 members (excludes halogenated alkanes) is 7. The molecule has 0 atom stereocenters. The maximum absolute atomic E-state index is 11.3. The third-order valence-electron chi connectivity index (χ3n) is 3.24. The maximum Gasteiger partial charge on any atom is 0.302 e. The molecule has 4 heteroatoms. The highest BCUT2D eigenvalue weighted by atomic mass is 16.5. The van der Waals surface area contributed by atoms with E-state index in [1.165, 1.54) is 19.8 Å². The number of rotatable bonds is 13. The molecule has 116 valence electrons. The van der Waals surface area contributed by atoms with Gasteiger partial charge in [-0.15, -0.1) is 0 Å². The van der Waals surface area contributed by atoms with Crippen LogP contribution in [0.4, 0.5) is 0 Å². The van der Waals surface area contributed by atoms with Crippen LogP contribution < -0.4 is 0 Å². The van der Waals surface area contributed by atoms with Gasteiger partial charge >= 0.3 is 5.97 Å². The van der Waals surface area contributed by atoms with E-state index in [0.717, 1.165) is 38.5 Å². The van der Waals surface area contributed by atoms with Crippen molar-refractivity contribution in [1.82, 2.24) is 0 Å². The summed E-state index contributed by atoms with van der Waals surface area (Å²) < 4.78 is 4.85. The highest BCUT2D eigenvalue weighted by Gasteiger charge is 2.09. The van der Waals surface area contributed by atoms with E-state index in [1.807, 2.05) is 0 Å². The fourth-order valence-corrected chi connectivity index (χ4v) is 2.00. The van der Waals surface area contributed by atoms with Gasteiger partial charge in [-0.05, 0) is 12.8 Å². The lowest BCUT2D eigenvalue weighted by Crippen LogP contribution is -2.11. The summed E-state index contributed by atoms with van der Waals surface area (Å²) in [5.74, 6) is -0.656. The summed E-state index contributed by atoms with van der Waals surface area (Å²) in [5, 5.41) is 0. The maximum atomic E-state index is 11.3. The van der Waals surface area contributed by atoms with Gasteiger partial charge in [0.25, 0.3) is 0 Å². The van der Waals surface area contributed by atoms with Crippen molar-refractivity contribution in [3.05, 3.63) is 0 Å². The quantitative estimate of drug-likeness (QED) is 0.294. The van der Waals surface area contributed by atoms with Crippen molar-refractivity contribution in [1.29, 1.82) is 0 Å². The van der Waals surface area contributed by atoms with Gasteiger partial charge in [-0.25, -0.2) is 0 Å². The first kappa shape index (κ1) is 18.8. The fraction of sp³-hybridized carbons (Fsp3) is 0.812. The van der Waals surface area contributed by atoms with Crippen molar-refractivity contribution < 1.29 is 19.1 Å². The van der Waals surface area contributed by atoms with Gasteiger partial charge in [0.05, 0.1) is 6.61 Å². The summed E-state index contributed by atoms with van der Waals surface area (Å²) in [5.41, 5.74) is 0. The number of Topliss-reactive ketones (excluding diaryl/α,β-unsaturated/α-hetero) is 2. The summed E-state index contributed by atoms with van der Waals surface area (Å²) in [6.45, 7) is 3.68. The first-order valence-corrected chi connectivity index (χ1v) is 7.77. The lowest BCUT2D eigenvalue weighted by Gasteiger charge is -2.03. The molecule has 0 aliphatic heterocycles. The van der Waals surface area contributed by atoms with E-state index < -0.39 is 0 Å². The standard InChI is InChI=1S/C16H28O4/c1-3-15(18)16(19)12-10-8-6-4-5-7-9-11-13-20-14(2)17/h3-13H2,1-2H3. The van der Waals surface area contributed by atoms with Gasteiger partial charge in [0.2, 0.25) is 0 Å². The predicted molar refractivity (Wildman–Crippen MR) is 78.5 cm³/mol. The van der Waals surface area contributed by atoms with Crippen LogP contribution in [0.1, 0.15) is 78.1 Å². The summed E-state index contributed by atoms with van der Waals surface area (Å²) in [6, 6.07) is 0. The van der Waals surface area contributed by atoms with Crippen LogP contribution in [0, 0.1) is 0 Å². The monoisotopic (exact) mass is 284 g/mol. The molecular formula is C16H28O4. The highest BCUT2D eigenvalue weighted by Crippen LogP contribution is 2.10. The third-order valence-corrected chi connectivity index (χ3v) is 3.24. The minimum atomic E-state index is -0.238. The normalized spacial score (nSPS) is 10.3. The second-order valence-corrected chi connectivity index (χ2v) is 5.12. The van der Waals surface area contributed by atoms with Gasteiger partial charge in [-0.1, -0.05) is 45.4 Å². The summed E-state index contributed by atoms with van der Waals surface area (Å²) in [7, 11) is 0. The largest absolute Gasteiger partial charge is 0.466 e. The molecule has 0 saturated carbocycles. The van der Waals surface area contributed by atoms with Gasteiger partial charge in [0.15, 0.2) is 11.6 Å². The number of ketones is 2. The van der Waals surface area contributed by atoms with Crippen LogP contribution in [0.5, 0.6) is 0 Å². The Kier molecular flexibility index (Phi) is 12.1. The van der Waals surface area contributed by atoms with E-state index in [2.05, 4.69) is 0 Å². The number of carbonyl (C=O) groups is 3. The molecule has 0 aromatic heterocycles. The van der Waals surface area contributed by atoms with Gasteiger partial charge in [0.1, 0.15) is 0 Å². The number of hydrogen-bond donors (Lipinski definition) is 0. The molecule has 0 aromatic carbocycles. The third kappa shape index (κ3) is 11.9. The fourth-order valence-electron chi connectivity index (χ4n) is 2.00. The van der Waals surface area contributed by atoms with Gasteiger partial charge in [0, 0.05) is 19.8 Å². The van der Waals surface area contributed by atoms with Crippen molar-refractivity contribution in [2.75, 3.05) is 6.61 Å². The molecule has 0 heterocycles. The van der Waals surface area contributed by atoms with Crippen LogP contribution in [0.2, 0.25) is 0 Å². The Balaban J connectivity index is 3.19. The van der Waals surface area contributed by atoms with E-state index in [9.17, 15) is 14.4 Å². The van der Waals surface area contributed by atoms with E-state index in [4.69, 9.17) is 4.74 Å². The first-order valence-electron chi connectivity index (χ1n) is 7.77. The lowest BCUT2D eigenvalue weighted by atomic mass is 10.0. The van der Waals surface area contributed by atoms with Crippen LogP contribution in [-0.2, 0) is 19.1 Å². The number of ether oxygens (including phenoxy) is 1. The molecule has 0 N–H and O–H groups in total. The topological polar surface area (TPSA) is 60.4 Å². The Bertz CT molecular complexity index is 297. The summed E-state index contributed by atoms with van der Waals surface area (Å²) >= 11 is 0. The Morgan fingerprint density at radius 2 is 1.25 bits per heavy atom. The second kappa shape index (κ2) is 12.8. The lowest BCUT2D eigenvalue weighted by molar-refractivity contribution is -0.141. The summed E-state index contributed by atoms with van der Waals surface area (Å²) in [4.78, 5) is 32.9. The molecule has 0 unspecified atom stereocenters. The van der Waals surface area contributed by atoms with Gasteiger partial charge in [-0.3, -0.25) is 14.4 Å². The van der Waals surface area contributed by atoms with Crippen LogP contribution >= 0.6 is 0 Å². The number of esters is 1. The van der Waals surface area contributed by atoms with Crippen molar-refractivity contribution in [2.45, 2.75) is 78.1 Å². The molecule has 4 nitrogen and oxygen atoms in total. The average Bonchev–Trinajstić information content (AvgIpc) is 2.43. The van der Waals surface area contributed by atoms with Gasteiger partial charge < -0.3 is 4.74 Å². The Morgan fingerprint density at radius 3 is 1.75 bits per heavy atom. The van der Waals surface area contributed by atoms with Crippen molar-refractivity contribution in [3.63, 3.8) is 0 Å². The molecule has 0 fully saturated rings. The Labute approximate surface area is 122 Å². The Hall–Kier alpha value is -1.19. The van der Waals surface area contributed by atoms with Crippen LogP contribution in [0.3, 0.4) is 0 Å². The van der Waals surface area contributed by atoms with Crippen LogP contribution in [0.25, 0.3) is 0 Å². The smallest absolute Gasteiger partial charge is 0.302 e. The van der Waals surface area contributed by atoms with E-state index in [1.54, 1.807) is 6.92 Å². The van der Waals surface area contributed by atoms with Gasteiger partial charge in [-0.2, -0.15) is 0 Å². The molecule has 0 rings (SSSR count). The van der Waals surface area contributed by atoms with Crippen molar-refractivity contribution >= 4 is 17.5 Å². The number of carbonyl (C=O) groups excluding carboxylic acids is 3. The van der Waals surface area contributed by atoms with Crippen molar-refractivity contribution in [2.24, 2.45) is 0 Å². The van der Waals surface area contributed by atoms with E-state index in [0.29, 0.717) is 19.4 Å². The molecule has 0 bridgehead atoms. The SMILES string of the molecule is CCC(=O)C(=O)CCCCCCCCCCOC(C)=O. The average molecular weight is 284 g/mol. The second-order valence-electron chi connectivity index (χ2n) is 5.12. The molecule has 0 spiro atoms. The Morgan fingerprint density at radius 1 is 0.750 bits per heavy atom. The molecule has 0 aliphatic carbocycles. The zero-order valence-electron chi connectivity index (χ0n) is 12.9. The highest BCUT2D eigenvalue weighted by molar-refractivity contribution is 6.37. The first-order chi connectivity index (χ1) is 9.57. The minimum Gasteiger partial charge on any atom is -0.466 e. The van der Waals surface area contributed by atoms with Crippen LogP contribution in [-0.4, -0.2) is 24.1 Å². The molecule has 0 amide bonds. The van der Waals surface area contributed by atoms with E-state index >= 15 is 0 Å². The zero-order chi connectivity index (χ0) is 15.2.